The van der Waals surface area contributed by atoms with Crippen molar-refractivity contribution >= 4 is 12.4 Å². The van der Waals surface area contributed by atoms with Gasteiger partial charge < -0.3 is 14.6 Å². The molecule has 0 bridgehead atoms. The van der Waals surface area contributed by atoms with E-state index in [1.165, 1.54) is 16.8 Å². The van der Waals surface area contributed by atoms with E-state index in [0.29, 0.717) is 0 Å². The van der Waals surface area contributed by atoms with Crippen molar-refractivity contribution in [1.82, 2.24) is 14.9 Å². The van der Waals surface area contributed by atoms with Crippen LogP contribution in [-0.4, -0.2) is 29.8 Å². The van der Waals surface area contributed by atoms with E-state index in [9.17, 15) is 0 Å². The maximum absolute atomic E-state index is 5.83. The van der Waals surface area contributed by atoms with Gasteiger partial charge in [-0.1, -0.05) is 12.1 Å². The molecule has 5 heteroatoms. The van der Waals surface area contributed by atoms with Crippen LogP contribution in [0.4, 0.5) is 0 Å². The molecule has 1 aromatic heterocycles. The first-order chi connectivity index (χ1) is 8.90. The number of hydrogen-bond acceptors (Lipinski definition) is 3. The van der Waals surface area contributed by atoms with Crippen molar-refractivity contribution < 1.29 is 4.74 Å². The minimum absolute atomic E-state index is 0. The van der Waals surface area contributed by atoms with Crippen LogP contribution in [0.15, 0.2) is 36.9 Å². The zero-order chi connectivity index (χ0) is 12.4. The lowest BCUT2D eigenvalue weighted by molar-refractivity contribution is 0.0438. The van der Waals surface area contributed by atoms with Crippen LogP contribution in [0, 0.1) is 0 Å². The maximum atomic E-state index is 5.83. The molecule has 0 aliphatic carbocycles. The van der Waals surface area contributed by atoms with Gasteiger partial charge in [-0.05, 0) is 30.7 Å². The Morgan fingerprint density at radius 3 is 3.11 bits per heavy atom. The van der Waals surface area contributed by atoms with E-state index in [1.807, 2.05) is 25.8 Å². The van der Waals surface area contributed by atoms with Gasteiger partial charge >= 0.3 is 0 Å². The number of nitrogens with one attached hydrogen (secondary N) is 1. The summed E-state index contributed by atoms with van der Waals surface area (Å²) in [5.41, 5.74) is 3.89. The first kappa shape index (κ1) is 14.1. The highest BCUT2D eigenvalue weighted by atomic mass is 35.5. The summed E-state index contributed by atoms with van der Waals surface area (Å²) < 4.78 is 7.90. The topological polar surface area (TPSA) is 39.1 Å². The molecule has 1 atom stereocenters. The molecule has 4 nitrogen and oxygen atoms in total. The van der Waals surface area contributed by atoms with Gasteiger partial charge in [0.1, 0.15) is 0 Å². The Balaban J connectivity index is 0.00000133. The molecular weight excluding hydrogens is 262 g/mol. The normalized spacial score (nSPS) is 17.6. The lowest BCUT2D eigenvalue weighted by atomic mass is 9.95. The van der Waals surface area contributed by atoms with Crippen LogP contribution in [0.3, 0.4) is 0 Å². The molecule has 0 unspecified atom stereocenters. The van der Waals surface area contributed by atoms with E-state index in [2.05, 4.69) is 33.1 Å². The van der Waals surface area contributed by atoms with Crippen LogP contribution < -0.4 is 5.32 Å². The number of benzene rings is 1. The monoisotopic (exact) mass is 279 g/mol. The van der Waals surface area contributed by atoms with Crippen molar-refractivity contribution in [2.45, 2.75) is 12.5 Å². The summed E-state index contributed by atoms with van der Waals surface area (Å²) in [6.45, 7) is 1.63. The van der Waals surface area contributed by atoms with E-state index >= 15 is 0 Å². The van der Waals surface area contributed by atoms with Crippen LogP contribution in [-0.2, 0) is 11.2 Å². The number of ether oxygens (including phenoxy) is 1. The third-order valence-electron chi connectivity index (χ3n) is 3.38. The molecule has 1 aliphatic heterocycles. The average molecular weight is 280 g/mol. The van der Waals surface area contributed by atoms with Crippen molar-refractivity contribution in [2.24, 2.45) is 0 Å². The fraction of sp³-hybridized carbons (Fsp3) is 0.357. The number of imidazole rings is 1. The van der Waals surface area contributed by atoms with Crippen molar-refractivity contribution in [2.75, 3.05) is 20.2 Å². The van der Waals surface area contributed by atoms with E-state index in [1.54, 1.807) is 0 Å². The summed E-state index contributed by atoms with van der Waals surface area (Å²) in [5.74, 6) is 0. The molecule has 0 fully saturated rings. The Morgan fingerprint density at radius 1 is 1.47 bits per heavy atom. The molecule has 0 amide bonds. The highest BCUT2D eigenvalue weighted by molar-refractivity contribution is 5.85. The van der Waals surface area contributed by atoms with Crippen molar-refractivity contribution in [3.8, 4) is 5.69 Å². The van der Waals surface area contributed by atoms with Crippen LogP contribution >= 0.6 is 12.4 Å². The van der Waals surface area contributed by atoms with Crippen LogP contribution in [0.5, 0.6) is 0 Å². The molecule has 1 aliphatic rings. The van der Waals surface area contributed by atoms with Gasteiger partial charge in [0, 0.05) is 18.9 Å². The lowest BCUT2D eigenvalue weighted by Crippen LogP contribution is -2.26. The van der Waals surface area contributed by atoms with Crippen molar-refractivity contribution in [1.29, 1.82) is 0 Å². The van der Waals surface area contributed by atoms with E-state index in [4.69, 9.17) is 4.74 Å². The van der Waals surface area contributed by atoms with E-state index in [0.717, 1.165) is 19.6 Å². The fourth-order valence-corrected chi connectivity index (χ4v) is 2.56. The SMILES string of the molecule is CNC[C@H]1OCCc2c1cccc2-n1ccnc1.Cl. The smallest absolute Gasteiger partial charge is 0.0991 e. The largest absolute Gasteiger partial charge is 0.372 e. The summed E-state index contributed by atoms with van der Waals surface area (Å²) in [4.78, 5) is 4.12. The Kier molecular flexibility index (Phi) is 4.58. The number of nitrogens with zero attached hydrogens (tertiary/aromatic N) is 2. The lowest BCUT2D eigenvalue weighted by Gasteiger charge is -2.27. The summed E-state index contributed by atoms with van der Waals surface area (Å²) in [7, 11) is 1.96. The van der Waals surface area contributed by atoms with Gasteiger partial charge in [0.2, 0.25) is 0 Å². The number of halogens is 1. The summed E-state index contributed by atoms with van der Waals surface area (Å²) >= 11 is 0. The number of hydrogen-bond donors (Lipinski definition) is 1. The minimum atomic E-state index is 0. The number of rotatable bonds is 3. The van der Waals surface area contributed by atoms with Crippen molar-refractivity contribution in [3.63, 3.8) is 0 Å². The van der Waals surface area contributed by atoms with E-state index in [-0.39, 0.29) is 18.5 Å². The molecule has 0 saturated carbocycles. The van der Waals surface area contributed by atoms with E-state index < -0.39 is 0 Å². The third kappa shape index (κ3) is 2.66. The quantitative estimate of drug-likeness (QED) is 0.935. The molecule has 0 spiro atoms. The molecule has 3 rings (SSSR count). The first-order valence-corrected chi connectivity index (χ1v) is 6.26. The Bertz CT molecular complexity index is 527. The standard InChI is InChI=1S/C14H17N3O.ClH/c1-15-9-14-12-3-2-4-13(11(12)5-8-18-14)17-7-6-16-10-17;/h2-4,6-7,10,14-15H,5,8-9H2,1H3;1H/t14-;/m1./s1. The molecular formula is C14H18ClN3O. The molecule has 0 saturated heterocycles. The van der Waals surface area contributed by atoms with Crippen LogP contribution in [0.25, 0.3) is 5.69 Å². The summed E-state index contributed by atoms with van der Waals surface area (Å²) in [6.07, 6.45) is 6.76. The third-order valence-corrected chi connectivity index (χ3v) is 3.38. The van der Waals surface area contributed by atoms with Gasteiger partial charge in [-0.3, -0.25) is 0 Å². The van der Waals surface area contributed by atoms with Gasteiger partial charge in [0.05, 0.1) is 24.7 Å². The van der Waals surface area contributed by atoms with Gasteiger partial charge in [-0.2, -0.15) is 0 Å². The molecule has 2 aromatic rings. The van der Waals surface area contributed by atoms with Crippen LogP contribution in [0.1, 0.15) is 17.2 Å². The first-order valence-electron chi connectivity index (χ1n) is 6.26. The van der Waals surface area contributed by atoms with Crippen LogP contribution in [0.2, 0.25) is 0 Å². The second-order valence-corrected chi connectivity index (χ2v) is 4.48. The van der Waals surface area contributed by atoms with Gasteiger partial charge in [-0.15, -0.1) is 12.4 Å². The Labute approximate surface area is 119 Å². The zero-order valence-electron chi connectivity index (χ0n) is 10.9. The zero-order valence-corrected chi connectivity index (χ0v) is 11.7. The molecule has 0 radical (unpaired) electrons. The Hall–Kier alpha value is -1.36. The average Bonchev–Trinajstić information content (AvgIpc) is 2.93. The van der Waals surface area contributed by atoms with Gasteiger partial charge in [0.25, 0.3) is 0 Å². The fourth-order valence-electron chi connectivity index (χ4n) is 2.56. The highest BCUT2D eigenvalue weighted by Crippen LogP contribution is 2.30. The number of likely N-dealkylation sites (N-methyl/N-ethyl adjacent to an activating group) is 1. The second-order valence-electron chi connectivity index (χ2n) is 4.48. The second kappa shape index (κ2) is 6.19. The highest BCUT2D eigenvalue weighted by Gasteiger charge is 2.22. The molecule has 2 heterocycles. The molecule has 102 valence electrons. The Morgan fingerprint density at radius 2 is 2.37 bits per heavy atom. The van der Waals surface area contributed by atoms with Gasteiger partial charge in [-0.25, -0.2) is 4.98 Å². The molecule has 1 aromatic carbocycles. The predicted octanol–water partition coefficient (Wildman–Crippen LogP) is 2.13. The predicted molar refractivity (Wildman–Crippen MR) is 77.1 cm³/mol. The summed E-state index contributed by atoms with van der Waals surface area (Å²) in [5, 5.41) is 3.19. The van der Waals surface area contributed by atoms with Gasteiger partial charge in [0.15, 0.2) is 0 Å². The summed E-state index contributed by atoms with van der Waals surface area (Å²) in [6, 6.07) is 6.39. The molecule has 1 N–H and O–H groups in total. The maximum Gasteiger partial charge on any atom is 0.0991 e. The molecule has 19 heavy (non-hydrogen) atoms. The minimum Gasteiger partial charge on any atom is -0.372 e. The number of fused-ring (bicyclic) bond motifs is 1. The van der Waals surface area contributed by atoms with Crippen molar-refractivity contribution in [3.05, 3.63) is 48.0 Å². The number of aromatic nitrogens is 2.